The second kappa shape index (κ2) is 6.88. The monoisotopic (exact) mass is 319 g/mol. The van der Waals surface area contributed by atoms with E-state index in [1.807, 2.05) is 0 Å². The molecule has 0 saturated carbocycles. The smallest absolute Gasteiger partial charge is 0.0701 e. The summed E-state index contributed by atoms with van der Waals surface area (Å²) in [5.74, 6) is 0. The van der Waals surface area contributed by atoms with Gasteiger partial charge in [-0.05, 0) is 39.9 Å². The van der Waals surface area contributed by atoms with Crippen LogP contribution in [-0.2, 0) is 6.54 Å². The highest BCUT2D eigenvalue weighted by molar-refractivity contribution is 9.11. The van der Waals surface area contributed by atoms with E-state index < -0.39 is 0 Å². The fraction of sp³-hybridized carbons (Fsp3) is 0.692. The van der Waals surface area contributed by atoms with Crippen molar-refractivity contribution in [2.75, 3.05) is 19.7 Å². The maximum atomic E-state index is 8.95. The Balaban J connectivity index is 2.56. The topological polar surface area (TPSA) is 23.5 Å². The highest BCUT2D eigenvalue weighted by Crippen LogP contribution is 2.24. The van der Waals surface area contributed by atoms with E-state index in [1.54, 1.807) is 11.3 Å². The summed E-state index contributed by atoms with van der Waals surface area (Å²) in [5.41, 5.74) is 0.296. The zero-order chi connectivity index (χ0) is 12.9. The standard InChI is InChI=1S/C13H22BrNOS/c1-13(2,3)10-15(7-4-8-16)9-11-5-6-12(14)17-11/h5-6,16H,4,7-10H2,1-3H3. The van der Waals surface area contributed by atoms with Crippen LogP contribution in [0.2, 0.25) is 0 Å². The molecule has 0 radical (unpaired) electrons. The van der Waals surface area contributed by atoms with Gasteiger partial charge in [0, 0.05) is 31.1 Å². The van der Waals surface area contributed by atoms with Gasteiger partial charge < -0.3 is 5.11 Å². The van der Waals surface area contributed by atoms with Gasteiger partial charge in [-0.25, -0.2) is 0 Å². The first-order valence-corrected chi connectivity index (χ1v) is 7.59. The minimum atomic E-state index is 0.273. The van der Waals surface area contributed by atoms with E-state index >= 15 is 0 Å². The number of halogens is 1. The van der Waals surface area contributed by atoms with Gasteiger partial charge in [0.25, 0.3) is 0 Å². The summed E-state index contributed by atoms with van der Waals surface area (Å²) < 4.78 is 1.19. The molecule has 0 fully saturated rings. The largest absolute Gasteiger partial charge is 0.396 e. The average molecular weight is 320 g/mol. The van der Waals surface area contributed by atoms with Gasteiger partial charge in [-0.2, -0.15) is 0 Å². The van der Waals surface area contributed by atoms with E-state index in [-0.39, 0.29) is 6.61 Å². The lowest BCUT2D eigenvalue weighted by molar-refractivity contribution is 0.167. The Morgan fingerprint density at radius 2 is 2.06 bits per heavy atom. The summed E-state index contributed by atoms with van der Waals surface area (Å²) in [6.07, 6.45) is 0.850. The molecule has 0 unspecified atom stereocenters. The van der Waals surface area contributed by atoms with Crippen molar-refractivity contribution in [1.82, 2.24) is 4.90 Å². The Morgan fingerprint density at radius 3 is 2.53 bits per heavy atom. The van der Waals surface area contributed by atoms with Gasteiger partial charge in [0.15, 0.2) is 0 Å². The van der Waals surface area contributed by atoms with E-state index in [0.29, 0.717) is 5.41 Å². The van der Waals surface area contributed by atoms with Crippen LogP contribution in [0.1, 0.15) is 32.1 Å². The van der Waals surface area contributed by atoms with Crippen LogP contribution in [0.5, 0.6) is 0 Å². The van der Waals surface area contributed by atoms with Crippen LogP contribution in [-0.4, -0.2) is 29.7 Å². The quantitative estimate of drug-likeness (QED) is 0.863. The van der Waals surface area contributed by atoms with Gasteiger partial charge >= 0.3 is 0 Å². The number of aliphatic hydroxyl groups is 1. The molecular weight excluding hydrogens is 298 g/mol. The Hall–Kier alpha value is 0.1000. The molecule has 0 aliphatic rings. The number of hydrogen-bond donors (Lipinski definition) is 1. The predicted octanol–water partition coefficient (Wildman–Crippen LogP) is 3.74. The summed E-state index contributed by atoms with van der Waals surface area (Å²) in [6, 6.07) is 4.27. The van der Waals surface area contributed by atoms with Crippen LogP contribution in [0.25, 0.3) is 0 Å². The molecule has 0 amide bonds. The molecule has 1 heterocycles. The van der Waals surface area contributed by atoms with Crippen molar-refractivity contribution in [2.45, 2.75) is 33.7 Å². The van der Waals surface area contributed by atoms with Crippen LogP contribution < -0.4 is 0 Å². The van der Waals surface area contributed by atoms with E-state index in [9.17, 15) is 0 Å². The van der Waals surface area contributed by atoms with Crippen LogP contribution in [0.15, 0.2) is 15.9 Å². The third-order valence-corrected chi connectivity index (χ3v) is 3.95. The zero-order valence-corrected chi connectivity index (χ0v) is 13.3. The van der Waals surface area contributed by atoms with Crippen molar-refractivity contribution in [1.29, 1.82) is 0 Å². The van der Waals surface area contributed by atoms with E-state index in [0.717, 1.165) is 26.1 Å². The molecule has 1 aromatic heterocycles. The van der Waals surface area contributed by atoms with Crippen molar-refractivity contribution in [3.05, 3.63) is 20.8 Å². The highest BCUT2D eigenvalue weighted by Gasteiger charge is 2.16. The van der Waals surface area contributed by atoms with Gasteiger partial charge in [-0.3, -0.25) is 4.90 Å². The van der Waals surface area contributed by atoms with Gasteiger partial charge in [0.05, 0.1) is 3.79 Å². The molecule has 1 N–H and O–H groups in total. The van der Waals surface area contributed by atoms with E-state index in [4.69, 9.17) is 5.11 Å². The molecule has 1 aromatic rings. The van der Waals surface area contributed by atoms with Crippen LogP contribution in [0.3, 0.4) is 0 Å². The number of rotatable bonds is 6. The summed E-state index contributed by atoms with van der Waals surface area (Å²) >= 11 is 5.28. The minimum absolute atomic E-state index is 0.273. The minimum Gasteiger partial charge on any atom is -0.396 e. The molecule has 0 atom stereocenters. The van der Waals surface area contributed by atoms with Crippen molar-refractivity contribution in [3.8, 4) is 0 Å². The van der Waals surface area contributed by atoms with Crippen molar-refractivity contribution < 1.29 is 5.11 Å². The van der Waals surface area contributed by atoms with Crippen LogP contribution in [0.4, 0.5) is 0 Å². The lowest BCUT2D eigenvalue weighted by atomic mass is 9.96. The SMILES string of the molecule is CC(C)(C)CN(CCCO)Cc1ccc(Br)s1. The third kappa shape index (κ3) is 6.55. The molecule has 0 saturated heterocycles. The first-order valence-electron chi connectivity index (χ1n) is 5.98. The van der Waals surface area contributed by atoms with E-state index in [2.05, 4.69) is 53.7 Å². The molecule has 1 rings (SSSR count). The molecule has 98 valence electrons. The number of nitrogens with zero attached hydrogens (tertiary/aromatic N) is 1. The van der Waals surface area contributed by atoms with Crippen molar-refractivity contribution in [2.24, 2.45) is 5.41 Å². The Morgan fingerprint density at radius 1 is 1.35 bits per heavy atom. The lowest BCUT2D eigenvalue weighted by Crippen LogP contribution is -2.33. The molecule has 2 nitrogen and oxygen atoms in total. The molecular formula is C13H22BrNOS. The van der Waals surface area contributed by atoms with Crippen LogP contribution in [0, 0.1) is 5.41 Å². The summed E-state index contributed by atoms with van der Waals surface area (Å²) in [6.45, 7) is 10.0. The third-order valence-electron chi connectivity index (χ3n) is 2.34. The molecule has 0 bridgehead atoms. The normalized spacial score (nSPS) is 12.4. The molecule has 0 spiro atoms. The number of aliphatic hydroxyl groups excluding tert-OH is 1. The van der Waals surface area contributed by atoms with Crippen molar-refractivity contribution >= 4 is 27.3 Å². The van der Waals surface area contributed by atoms with Gasteiger partial charge in [-0.15, -0.1) is 11.3 Å². The van der Waals surface area contributed by atoms with Gasteiger partial charge in [-0.1, -0.05) is 20.8 Å². The highest BCUT2D eigenvalue weighted by atomic mass is 79.9. The average Bonchev–Trinajstić information content (AvgIpc) is 2.58. The van der Waals surface area contributed by atoms with Gasteiger partial charge in [0.1, 0.15) is 0 Å². The molecule has 4 heteroatoms. The first-order chi connectivity index (χ1) is 7.90. The Labute approximate surface area is 117 Å². The maximum Gasteiger partial charge on any atom is 0.0701 e. The first kappa shape index (κ1) is 15.2. The molecule has 17 heavy (non-hydrogen) atoms. The zero-order valence-electron chi connectivity index (χ0n) is 10.9. The Bertz CT molecular complexity index is 332. The molecule has 0 aliphatic heterocycles. The van der Waals surface area contributed by atoms with Crippen LogP contribution >= 0.6 is 27.3 Å². The second-order valence-electron chi connectivity index (χ2n) is 5.55. The number of hydrogen-bond acceptors (Lipinski definition) is 3. The molecule has 0 aliphatic carbocycles. The molecule has 0 aromatic carbocycles. The summed E-state index contributed by atoms with van der Waals surface area (Å²) in [5, 5.41) is 8.95. The fourth-order valence-electron chi connectivity index (χ4n) is 1.84. The maximum absolute atomic E-state index is 8.95. The predicted molar refractivity (Wildman–Crippen MR) is 78.5 cm³/mol. The number of thiophene rings is 1. The Kier molecular flexibility index (Phi) is 6.13. The van der Waals surface area contributed by atoms with E-state index in [1.165, 1.54) is 8.66 Å². The summed E-state index contributed by atoms with van der Waals surface area (Å²) in [4.78, 5) is 3.80. The second-order valence-corrected chi connectivity index (χ2v) is 8.10. The fourth-order valence-corrected chi connectivity index (χ4v) is 3.36. The van der Waals surface area contributed by atoms with Gasteiger partial charge in [0.2, 0.25) is 0 Å². The summed E-state index contributed by atoms with van der Waals surface area (Å²) in [7, 11) is 0. The lowest BCUT2D eigenvalue weighted by Gasteiger charge is -2.29. The van der Waals surface area contributed by atoms with Crippen molar-refractivity contribution in [3.63, 3.8) is 0 Å².